The molecule has 1 fully saturated rings. The fraction of sp³-hybridized carbons (Fsp3) is 0.474. The second kappa shape index (κ2) is 7.59. The van der Waals surface area contributed by atoms with E-state index in [-0.39, 0.29) is 17.9 Å². The molecule has 25 heavy (non-hydrogen) atoms. The first-order valence-electron chi connectivity index (χ1n) is 8.83. The molecule has 3 rings (SSSR count). The van der Waals surface area contributed by atoms with Gasteiger partial charge in [-0.3, -0.25) is 14.6 Å². The summed E-state index contributed by atoms with van der Waals surface area (Å²) in [6, 6.07) is 5.44. The van der Waals surface area contributed by atoms with Crippen molar-refractivity contribution in [1.82, 2.24) is 19.9 Å². The predicted molar refractivity (Wildman–Crippen MR) is 96.1 cm³/mol. The average Bonchev–Trinajstić information content (AvgIpc) is 2.83. The smallest absolute Gasteiger partial charge is 0.255 e. The van der Waals surface area contributed by atoms with Gasteiger partial charge in [0, 0.05) is 30.5 Å². The average molecular weight is 340 g/mol. The summed E-state index contributed by atoms with van der Waals surface area (Å²) in [4.78, 5) is 38.4. The standard InChI is InChI=1S/C19H24N4O2/c1-13-6-5-10-23(11-8-13)17(24)12-15-14(2)21-18(22-19(15)25)16-7-3-4-9-20-16/h3-4,7,9,13H,5-6,8,10-12H2,1-2H3,(H,21,22,25)/t13-/m0/s1. The van der Waals surface area contributed by atoms with Crippen molar-refractivity contribution in [2.45, 2.75) is 39.5 Å². The van der Waals surface area contributed by atoms with Crippen molar-refractivity contribution in [2.24, 2.45) is 5.92 Å². The van der Waals surface area contributed by atoms with Crippen molar-refractivity contribution in [3.8, 4) is 11.5 Å². The summed E-state index contributed by atoms with van der Waals surface area (Å²) < 4.78 is 0. The summed E-state index contributed by atoms with van der Waals surface area (Å²) >= 11 is 0. The van der Waals surface area contributed by atoms with E-state index in [2.05, 4.69) is 21.9 Å². The van der Waals surface area contributed by atoms with Crippen LogP contribution in [0.25, 0.3) is 11.5 Å². The normalized spacial score (nSPS) is 18.0. The third-order valence-electron chi connectivity index (χ3n) is 4.83. The molecule has 1 aliphatic rings. The SMILES string of the molecule is Cc1nc(-c2ccccn2)[nH]c(=O)c1CC(=O)N1CCC[C@H](C)CC1. The van der Waals surface area contributed by atoms with Crippen LogP contribution in [-0.2, 0) is 11.2 Å². The van der Waals surface area contributed by atoms with Crippen LogP contribution in [0.15, 0.2) is 29.2 Å². The minimum atomic E-state index is -0.260. The van der Waals surface area contributed by atoms with E-state index in [0.717, 1.165) is 32.4 Å². The summed E-state index contributed by atoms with van der Waals surface area (Å²) in [5.74, 6) is 1.10. The number of H-pyrrole nitrogens is 1. The van der Waals surface area contributed by atoms with E-state index in [1.165, 1.54) is 0 Å². The molecule has 1 atom stereocenters. The number of rotatable bonds is 3. The summed E-state index contributed by atoms with van der Waals surface area (Å²) in [5, 5.41) is 0. The molecule has 2 aromatic rings. The Kier molecular flexibility index (Phi) is 5.26. The van der Waals surface area contributed by atoms with Crippen molar-refractivity contribution in [3.05, 3.63) is 46.0 Å². The lowest BCUT2D eigenvalue weighted by Crippen LogP contribution is -2.35. The molecule has 0 saturated carbocycles. The minimum absolute atomic E-state index is 0.00934. The van der Waals surface area contributed by atoms with Crippen LogP contribution in [0, 0.1) is 12.8 Å². The molecule has 0 aromatic carbocycles. The number of likely N-dealkylation sites (tertiary alicyclic amines) is 1. The second-order valence-electron chi connectivity index (χ2n) is 6.79. The number of aryl methyl sites for hydroxylation is 1. The van der Waals surface area contributed by atoms with Gasteiger partial charge in [-0.25, -0.2) is 4.98 Å². The molecular weight excluding hydrogens is 316 g/mol. The number of amides is 1. The van der Waals surface area contributed by atoms with Gasteiger partial charge in [-0.05, 0) is 44.2 Å². The number of hydrogen-bond acceptors (Lipinski definition) is 4. The van der Waals surface area contributed by atoms with Crippen LogP contribution in [0.4, 0.5) is 0 Å². The quantitative estimate of drug-likeness (QED) is 0.930. The van der Waals surface area contributed by atoms with Crippen molar-refractivity contribution >= 4 is 5.91 Å². The van der Waals surface area contributed by atoms with Gasteiger partial charge in [0.25, 0.3) is 5.56 Å². The van der Waals surface area contributed by atoms with E-state index >= 15 is 0 Å². The third-order valence-corrected chi connectivity index (χ3v) is 4.83. The van der Waals surface area contributed by atoms with Gasteiger partial charge in [0.05, 0.1) is 6.42 Å². The molecule has 1 N–H and O–H groups in total. The van der Waals surface area contributed by atoms with Gasteiger partial charge in [-0.2, -0.15) is 0 Å². The van der Waals surface area contributed by atoms with E-state index < -0.39 is 0 Å². The highest BCUT2D eigenvalue weighted by molar-refractivity contribution is 5.79. The summed E-state index contributed by atoms with van der Waals surface area (Å²) in [6.07, 6.45) is 4.97. The molecule has 6 heteroatoms. The Balaban J connectivity index is 1.79. The fourth-order valence-electron chi connectivity index (χ4n) is 3.22. The number of carbonyl (C=O) groups is 1. The molecule has 132 valence electrons. The first kappa shape index (κ1) is 17.3. The number of carbonyl (C=O) groups excluding carboxylic acids is 1. The lowest BCUT2D eigenvalue weighted by molar-refractivity contribution is -0.130. The van der Waals surface area contributed by atoms with Crippen LogP contribution in [0.2, 0.25) is 0 Å². The van der Waals surface area contributed by atoms with E-state index in [4.69, 9.17) is 0 Å². The summed E-state index contributed by atoms with van der Waals surface area (Å²) in [6.45, 7) is 5.55. The zero-order chi connectivity index (χ0) is 17.8. The Hall–Kier alpha value is -2.50. The monoisotopic (exact) mass is 340 g/mol. The maximum Gasteiger partial charge on any atom is 0.255 e. The van der Waals surface area contributed by atoms with Crippen LogP contribution in [-0.4, -0.2) is 38.8 Å². The van der Waals surface area contributed by atoms with Gasteiger partial charge < -0.3 is 9.88 Å². The first-order chi connectivity index (χ1) is 12.0. The number of aromatic nitrogens is 3. The van der Waals surface area contributed by atoms with Crippen molar-refractivity contribution in [2.75, 3.05) is 13.1 Å². The largest absolute Gasteiger partial charge is 0.342 e. The van der Waals surface area contributed by atoms with Crippen molar-refractivity contribution < 1.29 is 4.79 Å². The molecule has 0 unspecified atom stereocenters. The molecule has 0 radical (unpaired) electrons. The second-order valence-corrected chi connectivity index (χ2v) is 6.79. The summed E-state index contributed by atoms with van der Waals surface area (Å²) in [7, 11) is 0. The van der Waals surface area contributed by atoms with Gasteiger partial charge in [-0.1, -0.05) is 13.0 Å². The van der Waals surface area contributed by atoms with Crippen molar-refractivity contribution in [1.29, 1.82) is 0 Å². The highest BCUT2D eigenvalue weighted by Crippen LogP contribution is 2.17. The van der Waals surface area contributed by atoms with Crippen LogP contribution >= 0.6 is 0 Å². The number of nitrogens with zero attached hydrogens (tertiary/aromatic N) is 3. The lowest BCUT2D eigenvalue weighted by Gasteiger charge is -2.20. The Morgan fingerprint density at radius 2 is 2.16 bits per heavy atom. The number of nitrogens with one attached hydrogen (secondary N) is 1. The highest BCUT2D eigenvalue weighted by Gasteiger charge is 2.21. The van der Waals surface area contributed by atoms with E-state index in [1.54, 1.807) is 19.2 Å². The molecule has 0 bridgehead atoms. The highest BCUT2D eigenvalue weighted by atomic mass is 16.2. The van der Waals surface area contributed by atoms with Gasteiger partial charge in [0.15, 0.2) is 5.82 Å². The third kappa shape index (κ3) is 4.13. The lowest BCUT2D eigenvalue weighted by atomic mass is 10.0. The van der Waals surface area contributed by atoms with Gasteiger partial charge in [-0.15, -0.1) is 0 Å². The Bertz CT molecular complexity index is 801. The topological polar surface area (TPSA) is 79.0 Å². The maximum absolute atomic E-state index is 12.6. The van der Waals surface area contributed by atoms with Crippen LogP contribution in [0.3, 0.4) is 0 Å². The van der Waals surface area contributed by atoms with Gasteiger partial charge in [0.2, 0.25) is 5.91 Å². The number of hydrogen-bond donors (Lipinski definition) is 1. The van der Waals surface area contributed by atoms with E-state index in [1.807, 2.05) is 17.0 Å². The molecule has 3 heterocycles. The first-order valence-corrected chi connectivity index (χ1v) is 8.83. The molecule has 1 saturated heterocycles. The predicted octanol–water partition coefficient (Wildman–Crippen LogP) is 2.33. The fourth-order valence-corrected chi connectivity index (χ4v) is 3.22. The molecule has 0 spiro atoms. The van der Waals surface area contributed by atoms with Crippen LogP contribution in [0.5, 0.6) is 0 Å². The zero-order valence-electron chi connectivity index (χ0n) is 14.8. The zero-order valence-corrected chi connectivity index (χ0v) is 14.8. The van der Waals surface area contributed by atoms with Crippen LogP contribution < -0.4 is 5.56 Å². The molecule has 1 amide bonds. The molecule has 2 aromatic heterocycles. The Morgan fingerprint density at radius 1 is 1.32 bits per heavy atom. The maximum atomic E-state index is 12.6. The molecule has 6 nitrogen and oxygen atoms in total. The summed E-state index contributed by atoms with van der Waals surface area (Å²) in [5.41, 5.74) is 1.38. The minimum Gasteiger partial charge on any atom is -0.342 e. The van der Waals surface area contributed by atoms with Gasteiger partial charge >= 0.3 is 0 Å². The number of pyridine rings is 1. The Morgan fingerprint density at radius 3 is 2.88 bits per heavy atom. The van der Waals surface area contributed by atoms with E-state index in [0.29, 0.717) is 28.7 Å². The molecule has 1 aliphatic heterocycles. The molecular formula is C19H24N4O2. The van der Waals surface area contributed by atoms with Crippen LogP contribution in [0.1, 0.15) is 37.4 Å². The number of aromatic amines is 1. The van der Waals surface area contributed by atoms with Gasteiger partial charge in [0.1, 0.15) is 5.69 Å². The van der Waals surface area contributed by atoms with E-state index in [9.17, 15) is 9.59 Å². The van der Waals surface area contributed by atoms with Crippen molar-refractivity contribution in [3.63, 3.8) is 0 Å². The Labute approximate surface area is 147 Å². The molecule has 0 aliphatic carbocycles.